The van der Waals surface area contributed by atoms with Gasteiger partial charge >= 0.3 is 0 Å². The molecule has 0 saturated heterocycles. The molecule has 0 spiro atoms. The highest BCUT2D eigenvalue weighted by Crippen LogP contribution is 2.20. The minimum absolute atomic E-state index is 0.364. The Morgan fingerprint density at radius 2 is 2.31 bits per heavy atom. The van der Waals surface area contributed by atoms with Gasteiger partial charge in [0, 0.05) is 12.7 Å². The molecule has 7 heteroatoms. The molecule has 0 aliphatic carbocycles. The third-order valence-electron chi connectivity index (χ3n) is 2.43. The number of nitrogens with zero attached hydrogens (tertiary/aromatic N) is 2. The summed E-state index contributed by atoms with van der Waals surface area (Å²) in [4.78, 5) is 11.2. The van der Waals surface area contributed by atoms with Gasteiger partial charge in [0.15, 0.2) is 0 Å². The summed E-state index contributed by atoms with van der Waals surface area (Å²) in [6, 6.07) is 0. The highest BCUT2D eigenvalue weighted by Gasteiger charge is 2.28. The van der Waals surface area contributed by atoms with Gasteiger partial charge in [-0.1, -0.05) is 11.8 Å². The van der Waals surface area contributed by atoms with Crippen molar-refractivity contribution in [2.45, 2.75) is 31.0 Å². The van der Waals surface area contributed by atoms with Crippen LogP contribution in [0, 0.1) is 6.92 Å². The van der Waals surface area contributed by atoms with Crippen molar-refractivity contribution >= 4 is 17.7 Å². The van der Waals surface area contributed by atoms with Gasteiger partial charge in [-0.15, -0.1) is 10.2 Å². The Labute approximate surface area is 98.4 Å². The smallest absolute Gasteiger partial charge is 0.276 e. The van der Waals surface area contributed by atoms with Crippen molar-refractivity contribution in [3.63, 3.8) is 0 Å². The highest BCUT2D eigenvalue weighted by molar-refractivity contribution is 7.99. The fraction of sp³-hybridized carbons (Fsp3) is 0.667. The first kappa shape index (κ1) is 13.0. The molecular formula is C9H16N4O2S. The quantitative estimate of drug-likeness (QED) is 0.700. The van der Waals surface area contributed by atoms with E-state index in [4.69, 9.17) is 10.2 Å². The number of nitrogens with one attached hydrogen (secondary N) is 1. The van der Waals surface area contributed by atoms with Crippen molar-refractivity contribution in [2.75, 3.05) is 12.8 Å². The fourth-order valence-corrected chi connectivity index (χ4v) is 2.01. The Kier molecular flexibility index (Phi) is 4.31. The number of thioether (sulfide) groups is 1. The molecule has 0 radical (unpaired) electrons. The van der Waals surface area contributed by atoms with Crippen molar-refractivity contribution in [2.24, 2.45) is 5.73 Å². The number of carbonyl (C=O) groups excluding carboxylic acids is 1. The normalized spacial score (nSPS) is 14.7. The molecule has 0 fully saturated rings. The van der Waals surface area contributed by atoms with Crippen LogP contribution in [0.15, 0.2) is 9.64 Å². The van der Waals surface area contributed by atoms with Gasteiger partial charge in [0.2, 0.25) is 11.8 Å². The van der Waals surface area contributed by atoms with Crippen LogP contribution >= 0.6 is 11.8 Å². The first-order valence-corrected chi connectivity index (χ1v) is 5.88. The van der Waals surface area contributed by atoms with Crippen LogP contribution in [-0.2, 0) is 4.79 Å². The van der Waals surface area contributed by atoms with Gasteiger partial charge in [-0.2, -0.15) is 0 Å². The average Bonchev–Trinajstić information content (AvgIpc) is 2.63. The van der Waals surface area contributed by atoms with Gasteiger partial charge in [0.1, 0.15) is 0 Å². The molecule has 3 N–H and O–H groups in total. The van der Waals surface area contributed by atoms with Crippen molar-refractivity contribution in [1.29, 1.82) is 0 Å². The van der Waals surface area contributed by atoms with E-state index in [-0.39, 0.29) is 5.91 Å². The van der Waals surface area contributed by atoms with Crippen molar-refractivity contribution in [3.05, 3.63) is 5.89 Å². The van der Waals surface area contributed by atoms with Gasteiger partial charge in [0.25, 0.3) is 5.22 Å². The maximum atomic E-state index is 11.2. The summed E-state index contributed by atoms with van der Waals surface area (Å²) in [6.07, 6.45) is 0.602. The van der Waals surface area contributed by atoms with Crippen molar-refractivity contribution < 1.29 is 9.21 Å². The van der Waals surface area contributed by atoms with E-state index in [1.54, 1.807) is 20.9 Å². The van der Waals surface area contributed by atoms with E-state index in [9.17, 15) is 4.79 Å². The lowest BCUT2D eigenvalue weighted by Crippen LogP contribution is -2.51. The molecule has 1 aromatic heterocycles. The number of hydrogen-bond donors (Lipinski definition) is 2. The van der Waals surface area contributed by atoms with Crippen LogP contribution in [0.3, 0.4) is 0 Å². The van der Waals surface area contributed by atoms with Gasteiger partial charge in [-0.05, 0) is 20.4 Å². The zero-order valence-corrected chi connectivity index (χ0v) is 10.4. The number of aryl methyl sites for hydroxylation is 1. The molecule has 0 aliphatic heterocycles. The maximum Gasteiger partial charge on any atom is 0.276 e. The number of amides is 1. The molecule has 0 aromatic carbocycles. The van der Waals surface area contributed by atoms with Gasteiger partial charge < -0.3 is 15.5 Å². The minimum Gasteiger partial charge on any atom is -0.416 e. The van der Waals surface area contributed by atoms with E-state index in [1.165, 1.54) is 11.8 Å². The van der Waals surface area contributed by atoms with Crippen LogP contribution in [0.1, 0.15) is 19.2 Å². The zero-order chi connectivity index (χ0) is 12.2. The zero-order valence-electron chi connectivity index (χ0n) is 9.61. The summed E-state index contributed by atoms with van der Waals surface area (Å²) in [5.74, 6) is 0.855. The molecule has 1 amide bonds. The highest BCUT2D eigenvalue weighted by atomic mass is 32.2. The predicted octanol–water partition coefficient (Wildman–Crippen LogP) is 0.324. The Balaban J connectivity index is 2.43. The van der Waals surface area contributed by atoms with E-state index in [0.717, 1.165) is 0 Å². The molecular weight excluding hydrogens is 228 g/mol. The lowest BCUT2D eigenvalue weighted by Gasteiger charge is -2.24. The van der Waals surface area contributed by atoms with Gasteiger partial charge in [0.05, 0.1) is 5.54 Å². The summed E-state index contributed by atoms with van der Waals surface area (Å²) >= 11 is 1.41. The molecule has 1 unspecified atom stereocenters. The van der Waals surface area contributed by atoms with Crippen molar-refractivity contribution in [1.82, 2.24) is 15.5 Å². The van der Waals surface area contributed by atoms with E-state index >= 15 is 0 Å². The standard InChI is InChI=1S/C9H16N4O2S/c1-6-12-13-8(15-6)16-5-4-9(2,11-3)7(10)14/h11H,4-5H2,1-3H3,(H2,10,14). The van der Waals surface area contributed by atoms with Crippen LogP contribution in [0.5, 0.6) is 0 Å². The summed E-state index contributed by atoms with van der Waals surface area (Å²) in [7, 11) is 1.71. The first-order valence-electron chi connectivity index (χ1n) is 4.89. The maximum absolute atomic E-state index is 11.2. The molecule has 1 aromatic rings. The van der Waals surface area contributed by atoms with E-state index in [2.05, 4.69) is 15.5 Å². The van der Waals surface area contributed by atoms with Crippen LogP contribution < -0.4 is 11.1 Å². The summed E-state index contributed by atoms with van der Waals surface area (Å²) in [6.45, 7) is 3.51. The molecule has 0 saturated carbocycles. The molecule has 90 valence electrons. The largest absolute Gasteiger partial charge is 0.416 e. The second-order valence-corrected chi connectivity index (χ2v) is 4.68. The summed E-state index contributed by atoms with van der Waals surface area (Å²) < 4.78 is 5.20. The number of aromatic nitrogens is 2. The van der Waals surface area contributed by atoms with Gasteiger partial charge in [-0.3, -0.25) is 4.79 Å². The number of primary amides is 1. The van der Waals surface area contributed by atoms with Crippen LogP contribution in [-0.4, -0.2) is 34.4 Å². The molecule has 6 nitrogen and oxygen atoms in total. The number of rotatable bonds is 6. The third-order valence-corrected chi connectivity index (χ3v) is 3.25. The minimum atomic E-state index is -0.692. The van der Waals surface area contributed by atoms with E-state index in [0.29, 0.717) is 23.3 Å². The first-order chi connectivity index (χ1) is 7.48. The molecule has 0 bridgehead atoms. The van der Waals surface area contributed by atoms with Crippen LogP contribution in [0.2, 0.25) is 0 Å². The Morgan fingerprint density at radius 3 is 2.75 bits per heavy atom. The molecule has 1 atom stereocenters. The number of likely N-dealkylation sites (N-methyl/N-ethyl adjacent to an activating group) is 1. The Hall–Kier alpha value is -1.08. The van der Waals surface area contributed by atoms with Crippen LogP contribution in [0.25, 0.3) is 0 Å². The van der Waals surface area contributed by atoms with E-state index < -0.39 is 5.54 Å². The Morgan fingerprint density at radius 1 is 1.62 bits per heavy atom. The molecule has 0 aliphatic rings. The molecule has 16 heavy (non-hydrogen) atoms. The Bertz CT molecular complexity index is 368. The fourth-order valence-electron chi connectivity index (χ4n) is 1.05. The number of nitrogens with two attached hydrogens (primary N) is 1. The van der Waals surface area contributed by atoms with E-state index in [1.807, 2.05) is 0 Å². The lowest BCUT2D eigenvalue weighted by atomic mass is 9.99. The second kappa shape index (κ2) is 5.31. The molecule has 1 rings (SSSR count). The SMILES string of the molecule is CNC(C)(CCSc1nnc(C)o1)C(N)=O. The monoisotopic (exact) mass is 244 g/mol. The average molecular weight is 244 g/mol. The third kappa shape index (κ3) is 3.21. The van der Waals surface area contributed by atoms with Gasteiger partial charge in [-0.25, -0.2) is 0 Å². The summed E-state index contributed by atoms with van der Waals surface area (Å²) in [5.41, 5.74) is 4.61. The predicted molar refractivity (Wildman–Crippen MR) is 61.0 cm³/mol. The van der Waals surface area contributed by atoms with Crippen molar-refractivity contribution in [3.8, 4) is 0 Å². The topological polar surface area (TPSA) is 94.0 Å². The van der Waals surface area contributed by atoms with Crippen LogP contribution in [0.4, 0.5) is 0 Å². The number of hydrogen-bond acceptors (Lipinski definition) is 6. The lowest BCUT2D eigenvalue weighted by molar-refractivity contribution is -0.123. The summed E-state index contributed by atoms with van der Waals surface area (Å²) in [5, 5.41) is 11.0. The number of carbonyl (C=O) groups is 1. The molecule has 1 heterocycles. The second-order valence-electron chi connectivity index (χ2n) is 3.63.